The number of methoxy groups -OCH3 is 1. The molecule has 2 aliphatic rings. The van der Waals surface area contributed by atoms with Crippen LogP contribution in [-0.2, 0) is 0 Å². The highest BCUT2D eigenvalue weighted by Crippen LogP contribution is 2.30. The molecule has 1 aromatic carbocycles. The Bertz CT molecular complexity index is 680. The molecule has 0 spiro atoms. The zero-order valence-corrected chi connectivity index (χ0v) is 15.8. The molecule has 1 amide bonds. The number of likely N-dealkylation sites (tertiary alicyclic amines) is 1. The minimum absolute atomic E-state index is 0.0157. The van der Waals surface area contributed by atoms with Crippen molar-refractivity contribution in [3.63, 3.8) is 0 Å². The smallest absolute Gasteiger partial charge is 0.260 e. The predicted molar refractivity (Wildman–Crippen MR) is 96.8 cm³/mol. The Morgan fingerprint density at radius 2 is 1.85 bits per heavy atom. The maximum absolute atomic E-state index is 14.3. The number of carbonyl (C=O) groups excluding carboxylic acids is 1. The number of aliphatic hydroxyl groups excluding tert-OH is 1. The molecule has 0 unspecified atom stereocenters. The number of halogens is 2. The molecular formula is C19H27F2N3O3. The van der Waals surface area contributed by atoms with Gasteiger partial charge in [0.25, 0.3) is 5.91 Å². The van der Waals surface area contributed by atoms with Crippen molar-refractivity contribution in [2.75, 3.05) is 66.6 Å². The third-order valence-electron chi connectivity index (χ3n) is 5.68. The van der Waals surface area contributed by atoms with Gasteiger partial charge in [-0.15, -0.1) is 0 Å². The molecule has 6 nitrogen and oxygen atoms in total. The first-order valence-electron chi connectivity index (χ1n) is 9.27. The SMILES string of the molecule is COc1ccc(F)c(F)c1C(=O)N1C[C@@H](CN2CCN(C)CC2)[C@@H](CO)C1. The summed E-state index contributed by atoms with van der Waals surface area (Å²) in [7, 11) is 3.41. The molecular weight excluding hydrogens is 356 g/mol. The second kappa shape index (κ2) is 8.50. The molecule has 1 aromatic rings. The number of amides is 1. The van der Waals surface area contributed by atoms with E-state index in [0.29, 0.717) is 13.1 Å². The van der Waals surface area contributed by atoms with Crippen LogP contribution in [-0.4, -0.2) is 92.3 Å². The van der Waals surface area contributed by atoms with E-state index >= 15 is 0 Å². The fourth-order valence-electron chi connectivity index (χ4n) is 3.94. The standard InChI is InChI=1S/C19H27F2N3O3/c1-22-5-7-23(8-6-22)9-13-10-24(11-14(13)12-25)19(26)17-16(27-2)4-3-15(20)18(17)21/h3-4,13-14,25H,5-12H2,1-2H3/t13-,14-/m1/s1. The van der Waals surface area contributed by atoms with Gasteiger partial charge in [-0.25, -0.2) is 8.78 Å². The van der Waals surface area contributed by atoms with Gasteiger partial charge in [-0.2, -0.15) is 0 Å². The summed E-state index contributed by atoms with van der Waals surface area (Å²) in [5.74, 6) is -2.82. The monoisotopic (exact) mass is 383 g/mol. The van der Waals surface area contributed by atoms with Gasteiger partial charge in [-0.1, -0.05) is 0 Å². The third kappa shape index (κ3) is 4.23. The zero-order chi connectivity index (χ0) is 19.6. The number of hydrogen-bond acceptors (Lipinski definition) is 5. The average molecular weight is 383 g/mol. The molecule has 150 valence electrons. The zero-order valence-electron chi connectivity index (χ0n) is 15.8. The highest BCUT2D eigenvalue weighted by Gasteiger charge is 2.38. The van der Waals surface area contributed by atoms with E-state index in [2.05, 4.69) is 16.8 Å². The summed E-state index contributed by atoms with van der Waals surface area (Å²) < 4.78 is 33.0. The molecule has 2 fully saturated rings. The van der Waals surface area contributed by atoms with E-state index in [0.717, 1.165) is 38.8 Å². The molecule has 0 aromatic heterocycles. The first-order chi connectivity index (χ1) is 12.9. The van der Waals surface area contributed by atoms with Crippen LogP contribution in [0.1, 0.15) is 10.4 Å². The van der Waals surface area contributed by atoms with E-state index in [1.165, 1.54) is 18.1 Å². The highest BCUT2D eigenvalue weighted by molar-refractivity contribution is 5.97. The Morgan fingerprint density at radius 3 is 2.48 bits per heavy atom. The molecule has 3 rings (SSSR count). The molecule has 0 aliphatic carbocycles. The Balaban J connectivity index is 1.73. The van der Waals surface area contributed by atoms with Crippen LogP contribution in [0.4, 0.5) is 8.78 Å². The summed E-state index contributed by atoms with van der Waals surface area (Å²) in [5.41, 5.74) is -0.380. The molecule has 8 heteroatoms. The normalized spacial score (nSPS) is 24.4. The lowest BCUT2D eigenvalue weighted by Crippen LogP contribution is -2.47. The Morgan fingerprint density at radius 1 is 1.19 bits per heavy atom. The number of carbonyl (C=O) groups is 1. The molecule has 2 saturated heterocycles. The van der Waals surface area contributed by atoms with Crippen molar-refractivity contribution < 1.29 is 23.4 Å². The number of likely N-dealkylation sites (N-methyl/N-ethyl adjacent to an activating group) is 1. The van der Waals surface area contributed by atoms with Crippen molar-refractivity contribution in [2.45, 2.75) is 0 Å². The van der Waals surface area contributed by atoms with Crippen LogP contribution in [0.2, 0.25) is 0 Å². The van der Waals surface area contributed by atoms with Gasteiger partial charge in [0.1, 0.15) is 11.3 Å². The van der Waals surface area contributed by atoms with Crippen LogP contribution in [0.5, 0.6) is 5.75 Å². The summed E-state index contributed by atoms with van der Waals surface area (Å²) in [6, 6.07) is 2.20. The lowest BCUT2D eigenvalue weighted by atomic mass is 9.96. The van der Waals surface area contributed by atoms with Crippen molar-refractivity contribution in [2.24, 2.45) is 11.8 Å². The van der Waals surface area contributed by atoms with Crippen LogP contribution >= 0.6 is 0 Å². The molecule has 2 aliphatic heterocycles. The molecule has 0 saturated carbocycles. The number of rotatable bonds is 5. The van der Waals surface area contributed by atoms with E-state index in [-0.39, 0.29) is 29.8 Å². The predicted octanol–water partition coefficient (Wildman–Crippen LogP) is 0.901. The highest BCUT2D eigenvalue weighted by atomic mass is 19.2. The Kier molecular flexibility index (Phi) is 6.29. The maximum Gasteiger partial charge on any atom is 0.260 e. The molecule has 27 heavy (non-hydrogen) atoms. The van der Waals surface area contributed by atoms with Crippen LogP contribution in [0.3, 0.4) is 0 Å². The fourth-order valence-corrected chi connectivity index (χ4v) is 3.94. The first kappa shape index (κ1) is 20.0. The Hall–Kier alpha value is -1.77. The van der Waals surface area contributed by atoms with Crippen molar-refractivity contribution in [3.8, 4) is 5.75 Å². The molecule has 1 N–H and O–H groups in total. The van der Waals surface area contributed by atoms with Crippen LogP contribution in [0.25, 0.3) is 0 Å². The second-order valence-electron chi connectivity index (χ2n) is 7.46. The van der Waals surface area contributed by atoms with Crippen molar-refractivity contribution in [3.05, 3.63) is 29.3 Å². The van der Waals surface area contributed by atoms with Gasteiger partial charge in [-0.05, 0) is 25.1 Å². The van der Waals surface area contributed by atoms with E-state index in [1.54, 1.807) is 0 Å². The van der Waals surface area contributed by atoms with Crippen LogP contribution in [0.15, 0.2) is 12.1 Å². The molecule has 2 heterocycles. The van der Waals surface area contributed by atoms with Crippen molar-refractivity contribution >= 4 is 5.91 Å². The number of piperazine rings is 1. The van der Waals surface area contributed by atoms with Gasteiger partial charge in [0, 0.05) is 58.3 Å². The van der Waals surface area contributed by atoms with Crippen LogP contribution < -0.4 is 4.74 Å². The maximum atomic E-state index is 14.3. The van der Waals surface area contributed by atoms with Gasteiger partial charge in [-0.3, -0.25) is 4.79 Å². The van der Waals surface area contributed by atoms with Gasteiger partial charge in [0.2, 0.25) is 0 Å². The van der Waals surface area contributed by atoms with E-state index in [9.17, 15) is 18.7 Å². The van der Waals surface area contributed by atoms with E-state index in [4.69, 9.17) is 4.74 Å². The van der Waals surface area contributed by atoms with Gasteiger partial charge in [0.15, 0.2) is 11.6 Å². The molecule has 2 atom stereocenters. The number of benzene rings is 1. The Labute approximate surface area is 158 Å². The minimum atomic E-state index is -1.19. The summed E-state index contributed by atoms with van der Waals surface area (Å²) in [6.45, 7) is 5.37. The van der Waals surface area contributed by atoms with Crippen molar-refractivity contribution in [1.29, 1.82) is 0 Å². The third-order valence-corrected chi connectivity index (χ3v) is 5.68. The topological polar surface area (TPSA) is 56.2 Å². The number of nitrogens with zero attached hydrogens (tertiary/aromatic N) is 3. The van der Waals surface area contributed by atoms with Crippen LogP contribution in [0, 0.1) is 23.5 Å². The fraction of sp³-hybridized carbons (Fsp3) is 0.632. The van der Waals surface area contributed by atoms with Gasteiger partial charge < -0.3 is 24.5 Å². The van der Waals surface area contributed by atoms with Crippen molar-refractivity contribution in [1.82, 2.24) is 14.7 Å². The lowest BCUT2D eigenvalue weighted by Gasteiger charge is -2.34. The summed E-state index contributed by atoms with van der Waals surface area (Å²) in [6.07, 6.45) is 0. The number of aliphatic hydroxyl groups is 1. The first-order valence-corrected chi connectivity index (χ1v) is 9.27. The van der Waals surface area contributed by atoms with E-state index < -0.39 is 17.5 Å². The number of hydrogen-bond donors (Lipinski definition) is 1. The molecule has 0 radical (unpaired) electrons. The van der Waals surface area contributed by atoms with Gasteiger partial charge in [0.05, 0.1) is 7.11 Å². The van der Waals surface area contributed by atoms with E-state index in [1.807, 2.05) is 0 Å². The lowest BCUT2D eigenvalue weighted by molar-refractivity contribution is 0.0767. The number of ether oxygens (including phenoxy) is 1. The second-order valence-corrected chi connectivity index (χ2v) is 7.46. The summed E-state index contributed by atoms with van der Waals surface area (Å²) in [4.78, 5) is 19.0. The summed E-state index contributed by atoms with van der Waals surface area (Å²) >= 11 is 0. The minimum Gasteiger partial charge on any atom is -0.496 e. The quantitative estimate of drug-likeness (QED) is 0.819. The summed E-state index contributed by atoms with van der Waals surface area (Å²) in [5, 5.41) is 9.75. The average Bonchev–Trinajstić information content (AvgIpc) is 3.08. The largest absolute Gasteiger partial charge is 0.496 e. The van der Waals surface area contributed by atoms with Gasteiger partial charge >= 0.3 is 0 Å². The molecule has 0 bridgehead atoms.